The van der Waals surface area contributed by atoms with Gasteiger partial charge in [-0.15, -0.1) is 0 Å². The normalized spacial score (nSPS) is 6.53. The molecule has 0 bridgehead atoms. The molecule has 0 aromatic carbocycles. The van der Waals surface area contributed by atoms with Crippen LogP contribution in [0.15, 0.2) is 0 Å². The Hall–Kier alpha value is 4.02. The van der Waals surface area contributed by atoms with Gasteiger partial charge in [-0.2, -0.15) is 0 Å². The Morgan fingerprint density at radius 1 is 0.526 bits per heavy atom. The monoisotopic (exact) mass is 374 g/mol. The number of rotatable bonds is 2. The van der Waals surface area contributed by atoms with E-state index >= 15 is 0 Å². The zero-order chi connectivity index (χ0) is 7.71. The van der Waals surface area contributed by atoms with E-state index < -0.39 is 15.6 Å². The second-order valence-electron chi connectivity index (χ2n) is 0.976. The maximum atomic E-state index is 9.32. The summed E-state index contributed by atoms with van der Waals surface area (Å²) in [4.78, 5) is 37.3. The van der Waals surface area contributed by atoms with Crippen LogP contribution in [0.25, 0.3) is 0 Å². The topological polar surface area (TPSA) is 325 Å². The average molecular weight is 374 g/mol. The maximum absolute atomic E-state index is 9.32. The Bertz CT molecular complexity index is 163. The van der Waals surface area contributed by atoms with E-state index in [-0.39, 0.29) is 151 Å². The fourth-order valence-electron chi connectivity index (χ4n) is 0.122. The molecule has 0 atom stereocenters. The molecule has 0 heterocycles. The van der Waals surface area contributed by atoms with Crippen LogP contribution in [-0.2, 0) is 13.4 Å². The summed E-state index contributed by atoms with van der Waals surface area (Å²) in [5.41, 5.74) is 0. The third kappa shape index (κ3) is 87.9. The van der Waals surface area contributed by atoms with Crippen molar-refractivity contribution in [1.29, 1.82) is 0 Å². The molecule has 0 aliphatic rings. The second kappa shape index (κ2) is 33.6. The van der Waals surface area contributed by atoms with E-state index in [0.29, 0.717) is 0 Å². The van der Waals surface area contributed by atoms with Crippen LogP contribution in [0.3, 0.4) is 0 Å². The Labute approximate surface area is 196 Å². The molecule has 0 aromatic rings. The van der Waals surface area contributed by atoms with E-state index in [1.165, 1.54) is 0 Å². The number of phosphoric acid groups is 2. The number of hydrogen-bond acceptors (Lipinski definition) is 7. The molecule has 0 saturated carbocycles. The molecule has 0 saturated heterocycles. The van der Waals surface area contributed by atoms with Crippen molar-refractivity contribution in [2.75, 3.05) is 0 Å². The van der Waals surface area contributed by atoms with Crippen molar-refractivity contribution in [3.63, 3.8) is 0 Å². The molecule has 104 valence electrons. The minimum atomic E-state index is -5.68. The molecule has 19 heavy (non-hydrogen) atoms. The van der Waals surface area contributed by atoms with Gasteiger partial charge in [0.15, 0.2) is 0 Å². The van der Waals surface area contributed by atoms with Crippen molar-refractivity contribution < 1.29 is 184 Å². The van der Waals surface area contributed by atoms with Crippen LogP contribution in [0.4, 0.5) is 0 Å². The number of hydrogen-bond donors (Lipinski definition) is 0. The minimum Gasteiger partial charge on any atom is -0.790 e. The van der Waals surface area contributed by atoms with Crippen molar-refractivity contribution in [2.24, 2.45) is 0 Å². The summed E-state index contributed by atoms with van der Waals surface area (Å²) >= 11 is 0. The van der Waals surface area contributed by atoms with Crippen LogP contribution < -0.4 is 138 Å². The van der Waals surface area contributed by atoms with Gasteiger partial charge in [0.05, 0.1) is 15.6 Å². The molecular weight excluding hydrogens is 362 g/mol. The molecule has 0 radical (unpaired) electrons. The zero-order valence-electron chi connectivity index (χ0n) is 10.8. The van der Waals surface area contributed by atoms with Crippen LogP contribution >= 0.6 is 15.6 Å². The van der Waals surface area contributed by atoms with Crippen molar-refractivity contribution in [3.8, 4) is 0 Å². The SMILES string of the molecule is O.O.O.O.O.O.O=P([O-])([O-])OP(=O)([O-])[O-].[Na+].[Na+].[Na+].[Na+]. The Morgan fingerprint density at radius 2 is 0.632 bits per heavy atom. The predicted octanol–water partition coefficient (Wildman–Crippen LogP) is -20.3. The van der Waals surface area contributed by atoms with Gasteiger partial charge in [0.1, 0.15) is 0 Å². The minimum absolute atomic E-state index is 0. The fourth-order valence-corrected chi connectivity index (χ4v) is 1.10. The van der Waals surface area contributed by atoms with Gasteiger partial charge in [-0.25, -0.2) is 0 Å². The van der Waals surface area contributed by atoms with Gasteiger partial charge in [0.25, 0.3) is 0 Å². The molecule has 19 heteroatoms. The van der Waals surface area contributed by atoms with Crippen LogP contribution in [0.1, 0.15) is 0 Å². The summed E-state index contributed by atoms with van der Waals surface area (Å²) < 4.78 is 21.2. The third-order valence-electron chi connectivity index (χ3n) is 0.200. The first kappa shape index (κ1) is 77.3. The van der Waals surface area contributed by atoms with E-state index in [2.05, 4.69) is 4.31 Å². The Kier molecular flexibility index (Phi) is 137. The van der Waals surface area contributed by atoms with E-state index in [1.54, 1.807) is 0 Å². The van der Waals surface area contributed by atoms with E-state index in [1.807, 2.05) is 0 Å². The van der Waals surface area contributed by atoms with Crippen LogP contribution in [-0.4, -0.2) is 32.9 Å². The molecule has 0 spiro atoms. The van der Waals surface area contributed by atoms with Crippen molar-refractivity contribution in [1.82, 2.24) is 0 Å². The molecule has 0 unspecified atom stereocenters. The van der Waals surface area contributed by atoms with E-state index in [9.17, 15) is 28.7 Å². The molecule has 0 rings (SSSR count). The van der Waals surface area contributed by atoms with Crippen molar-refractivity contribution in [2.45, 2.75) is 0 Å². The summed E-state index contributed by atoms with van der Waals surface area (Å²) in [6, 6.07) is 0. The van der Waals surface area contributed by atoms with E-state index in [4.69, 9.17) is 0 Å². The van der Waals surface area contributed by atoms with Gasteiger partial charge < -0.3 is 65.9 Å². The van der Waals surface area contributed by atoms with Crippen molar-refractivity contribution >= 4 is 15.6 Å². The van der Waals surface area contributed by atoms with Gasteiger partial charge >= 0.3 is 118 Å². The maximum Gasteiger partial charge on any atom is 1.00 e. The fraction of sp³-hybridized carbons (Fsp3) is 0. The molecule has 0 amide bonds. The quantitative estimate of drug-likeness (QED) is 0.331. The summed E-state index contributed by atoms with van der Waals surface area (Å²) in [6.07, 6.45) is 0. The third-order valence-corrected chi connectivity index (χ3v) is 1.80. The van der Waals surface area contributed by atoms with Gasteiger partial charge in [-0.3, -0.25) is 0 Å². The van der Waals surface area contributed by atoms with Crippen molar-refractivity contribution in [3.05, 3.63) is 0 Å². The largest absolute Gasteiger partial charge is 1.00 e. The van der Waals surface area contributed by atoms with Crippen LogP contribution in [0.2, 0.25) is 0 Å². The Balaban J connectivity index is -0.00000000711. The van der Waals surface area contributed by atoms with Crippen LogP contribution in [0, 0.1) is 0 Å². The summed E-state index contributed by atoms with van der Waals surface area (Å²) in [5.74, 6) is 0. The first-order valence-corrected chi connectivity index (χ1v) is 4.38. The zero-order valence-corrected chi connectivity index (χ0v) is 20.5. The van der Waals surface area contributed by atoms with E-state index in [0.717, 1.165) is 0 Å². The standard InChI is InChI=1S/4Na.H4O7P2.6H2O/c;;;;1-8(2,3)7-9(4,5)6;;;;;;/h;;;;(H2,1,2,3)(H2,4,5,6);6*1H2/q4*+1;;;;;;;/p-4. The van der Waals surface area contributed by atoms with Crippen LogP contribution in [0.5, 0.6) is 0 Å². The Morgan fingerprint density at radius 3 is 0.632 bits per heavy atom. The molecule has 13 nitrogen and oxygen atoms in total. The first-order chi connectivity index (χ1) is 3.71. The van der Waals surface area contributed by atoms with Gasteiger partial charge in [-0.1, -0.05) is 0 Å². The smallest absolute Gasteiger partial charge is 0.790 e. The first-order valence-electron chi connectivity index (χ1n) is 1.46. The molecule has 0 aromatic heterocycles. The molecule has 0 aliphatic carbocycles. The van der Waals surface area contributed by atoms with Gasteiger partial charge in [0, 0.05) is 0 Å². The molecule has 0 fully saturated rings. The second-order valence-corrected chi connectivity index (χ2v) is 3.42. The molecular formula is H12Na4O13P2. The molecule has 0 aliphatic heterocycles. The van der Waals surface area contributed by atoms with Gasteiger partial charge in [0.2, 0.25) is 0 Å². The predicted molar refractivity (Wildman–Crippen MR) is 38.0 cm³/mol. The molecule has 12 N–H and O–H groups in total. The van der Waals surface area contributed by atoms with Gasteiger partial charge in [-0.05, 0) is 0 Å². The average Bonchev–Trinajstić information content (AvgIpc) is 1.14. The summed E-state index contributed by atoms with van der Waals surface area (Å²) in [5, 5.41) is 0. The summed E-state index contributed by atoms with van der Waals surface area (Å²) in [7, 11) is -11.4. The summed E-state index contributed by atoms with van der Waals surface area (Å²) in [6.45, 7) is 0.